The van der Waals surface area contributed by atoms with Crippen molar-refractivity contribution in [2.45, 2.75) is 19.0 Å². The zero-order valence-corrected chi connectivity index (χ0v) is 14.0. The summed E-state index contributed by atoms with van der Waals surface area (Å²) < 4.78 is 37.6. The van der Waals surface area contributed by atoms with Gasteiger partial charge in [-0.2, -0.15) is 5.10 Å². The van der Waals surface area contributed by atoms with Gasteiger partial charge in [0.15, 0.2) is 9.84 Å². The number of halogens is 1. The van der Waals surface area contributed by atoms with E-state index in [1.165, 1.54) is 30.3 Å². The van der Waals surface area contributed by atoms with Gasteiger partial charge in [-0.3, -0.25) is 9.59 Å². The summed E-state index contributed by atoms with van der Waals surface area (Å²) in [6, 6.07) is 8.12. The molecule has 132 valence electrons. The van der Waals surface area contributed by atoms with Crippen molar-refractivity contribution < 1.29 is 17.6 Å². The Hall–Kier alpha value is -2.55. The van der Waals surface area contributed by atoms with E-state index in [0.29, 0.717) is 6.42 Å². The van der Waals surface area contributed by atoms with Crippen LogP contribution in [0.25, 0.3) is 11.3 Å². The zero-order chi connectivity index (χ0) is 18.0. The highest BCUT2D eigenvalue weighted by molar-refractivity contribution is 7.91. The Bertz CT molecular complexity index is 971. The molecule has 1 aliphatic heterocycles. The van der Waals surface area contributed by atoms with Gasteiger partial charge in [-0.1, -0.05) is 12.1 Å². The van der Waals surface area contributed by atoms with Crippen LogP contribution in [0, 0.1) is 5.82 Å². The fourth-order valence-electron chi connectivity index (χ4n) is 2.69. The normalized spacial score (nSPS) is 18.8. The lowest BCUT2D eigenvalue weighted by Gasteiger charge is -2.12. The average Bonchev–Trinajstić information content (AvgIpc) is 2.89. The van der Waals surface area contributed by atoms with Crippen LogP contribution in [0.15, 0.2) is 41.2 Å². The van der Waals surface area contributed by atoms with E-state index >= 15 is 0 Å². The Labute approximate surface area is 143 Å². The van der Waals surface area contributed by atoms with Crippen molar-refractivity contribution in [3.8, 4) is 11.3 Å². The number of benzene rings is 1. The molecule has 0 radical (unpaired) electrons. The van der Waals surface area contributed by atoms with Gasteiger partial charge in [-0.05, 0) is 24.6 Å². The maximum atomic E-state index is 13.8. The fraction of sp³-hybridized carbons (Fsp3) is 0.312. The van der Waals surface area contributed by atoms with Crippen LogP contribution in [0.4, 0.5) is 4.39 Å². The molecule has 0 bridgehead atoms. The topological polar surface area (TPSA) is 98.1 Å². The molecule has 9 heteroatoms. The number of rotatable bonds is 4. The highest BCUT2D eigenvalue weighted by atomic mass is 32.2. The lowest BCUT2D eigenvalue weighted by atomic mass is 10.1. The Morgan fingerprint density at radius 2 is 2.04 bits per heavy atom. The first-order valence-electron chi connectivity index (χ1n) is 7.67. The van der Waals surface area contributed by atoms with Crippen molar-refractivity contribution in [2.24, 2.45) is 0 Å². The molecule has 1 N–H and O–H groups in total. The molecule has 3 rings (SSSR count). The van der Waals surface area contributed by atoms with E-state index in [1.54, 1.807) is 6.07 Å². The summed E-state index contributed by atoms with van der Waals surface area (Å²) in [6.07, 6.45) is 0.353. The van der Waals surface area contributed by atoms with E-state index in [4.69, 9.17) is 0 Å². The number of nitrogens with one attached hydrogen (secondary N) is 1. The number of hydrogen-bond acceptors (Lipinski definition) is 5. The van der Waals surface area contributed by atoms with Crippen LogP contribution in [0.1, 0.15) is 6.42 Å². The van der Waals surface area contributed by atoms with E-state index in [9.17, 15) is 22.4 Å². The third-order valence-electron chi connectivity index (χ3n) is 3.91. The predicted molar refractivity (Wildman–Crippen MR) is 89.1 cm³/mol. The van der Waals surface area contributed by atoms with Crippen molar-refractivity contribution in [3.63, 3.8) is 0 Å². The van der Waals surface area contributed by atoms with Crippen LogP contribution in [0.2, 0.25) is 0 Å². The second-order valence-corrected chi connectivity index (χ2v) is 8.09. The first kappa shape index (κ1) is 17.3. The molecule has 0 saturated carbocycles. The SMILES string of the molecule is O=C(Cn1nc(-c2ccccc2F)ccc1=O)N[C@H]1CCS(=O)(=O)C1. The van der Waals surface area contributed by atoms with Crippen molar-refractivity contribution >= 4 is 15.7 Å². The molecular weight excluding hydrogens is 349 g/mol. The Morgan fingerprint density at radius 1 is 1.28 bits per heavy atom. The van der Waals surface area contributed by atoms with Crippen molar-refractivity contribution in [1.29, 1.82) is 0 Å². The molecule has 2 aromatic rings. The highest BCUT2D eigenvalue weighted by Gasteiger charge is 2.29. The average molecular weight is 365 g/mol. The number of amides is 1. The molecule has 2 heterocycles. The zero-order valence-electron chi connectivity index (χ0n) is 13.2. The molecule has 1 aliphatic rings. The maximum Gasteiger partial charge on any atom is 0.267 e. The fourth-order valence-corrected chi connectivity index (χ4v) is 4.37. The van der Waals surface area contributed by atoms with Gasteiger partial charge in [-0.15, -0.1) is 0 Å². The summed E-state index contributed by atoms with van der Waals surface area (Å²) >= 11 is 0. The summed E-state index contributed by atoms with van der Waals surface area (Å²) in [7, 11) is -3.11. The molecule has 0 unspecified atom stereocenters. The number of aromatic nitrogens is 2. The standard InChI is InChI=1S/C16H16FN3O4S/c17-13-4-2-1-3-12(13)14-5-6-16(22)20(19-14)9-15(21)18-11-7-8-25(23,24)10-11/h1-6,11H,7-10H2,(H,18,21)/t11-/m0/s1. The van der Waals surface area contributed by atoms with Gasteiger partial charge in [-0.25, -0.2) is 17.5 Å². The maximum absolute atomic E-state index is 13.8. The van der Waals surface area contributed by atoms with E-state index in [-0.39, 0.29) is 29.3 Å². The van der Waals surface area contributed by atoms with E-state index < -0.39 is 33.2 Å². The first-order chi connectivity index (χ1) is 11.8. The molecule has 1 aromatic heterocycles. The van der Waals surface area contributed by atoms with Crippen molar-refractivity contribution in [3.05, 3.63) is 52.6 Å². The smallest absolute Gasteiger partial charge is 0.267 e. The van der Waals surface area contributed by atoms with Crippen LogP contribution < -0.4 is 10.9 Å². The Kier molecular flexibility index (Phi) is 4.67. The minimum Gasteiger partial charge on any atom is -0.351 e. The minimum atomic E-state index is -3.11. The molecule has 1 atom stereocenters. The molecule has 1 saturated heterocycles. The number of hydrogen-bond donors (Lipinski definition) is 1. The molecule has 0 spiro atoms. The third-order valence-corrected chi connectivity index (χ3v) is 5.68. The molecule has 25 heavy (non-hydrogen) atoms. The minimum absolute atomic E-state index is 0.0406. The Morgan fingerprint density at radius 3 is 2.72 bits per heavy atom. The van der Waals surface area contributed by atoms with Gasteiger partial charge >= 0.3 is 0 Å². The Balaban J connectivity index is 1.76. The first-order valence-corrected chi connectivity index (χ1v) is 9.49. The summed E-state index contributed by atoms with van der Waals surface area (Å²) in [5.41, 5.74) is -0.0539. The molecule has 0 aliphatic carbocycles. The van der Waals surface area contributed by atoms with Crippen LogP contribution >= 0.6 is 0 Å². The van der Waals surface area contributed by atoms with Crippen LogP contribution in [0.3, 0.4) is 0 Å². The molecule has 1 fully saturated rings. The number of carbonyl (C=O) groups is 1. The molecule has 7 nitrogen and oxygen atoms in total. The van der Waals surface area contributed by atoms with E-state index in [0.717, 1.165) is 4.68 Å². The second-order valence-electron chi connectivity index (χ2n) is 5.86. The number of carbonyl (C=O) groups excluding carboxylic acids is 1. The third kappa shape index (κ3) is 4.11. The van der Waals surface area contributed by atoms with Crippen LogP contribution in [-0.4, -0.2) is 41.7 Å². The van der Waals surface area contributed by atoms with Gasteiger partial charge in [0.1, 0.15) is 12.4 Å². The highest BCUT2D eigenvalue weighted by Crippen LogP contribution is 2.18. The number of sulfone groups is 1. The van der Waals surface area contributed by atoms with Gasteiger partial charge in [0, 0.05) is 17.7 Å². The van der Waals surface area contributed by atoms with Gasteiger partial charge in [0.05, 0.1) is 17.2 Å². The molecule has 1 amide bonds. The second kappa shape index (κ2) is 6.75. The number of nitrogens with zero attached hydrogens (tertiary/aromatic N) is 2. The van der Waals surface area contributed by atoms with Gasteiger partial charge < -0.3 is 5.32 Å². The lowest BCUT2D eigenvalue weighted by molar-refractivity contribution is -0.122. The summed E-state index contributed by atoms with van der Waals surface area (Å²) in [5, 5.41) is 6.62. The van der Waals surface area contributed by atoms with Crippen molar-refractivity contribution in [1.82, 2.24) is 15.1 Å². The monoisotopic (exact) mass is 365 g/mol. The predicted octanol–water partition coefficient (Wildman–Crippen LogP) is 0.353. The van der Waals surface area contributed by atoms with Gasteiger partial charge in [0.2, 0.25) is 5.91 Å². The summed E-state index contributed by atoms with van der Waals surface area (Å²) in [6.45, 7) is -0.363. The summed E-state index contributed by atoms with van der Waals surface area (Å²) in [4.78, 5) is 24.0. The molecule has 1 aromatic carbocycles. The van der Waals surface area contributed by atoms with Crippen LogP contribution in [0.5, 0.6) is 0 Å². The largest absolute Gasteiger partial charge is 0.351 e. The van der Waals surface area contributed by atoms with E-state index in [2.05, 4.69) is 10.4 Å². The quantitative estimate of drug-likeness (QED) is 0.843. The van der Waals surface area contributed by atoms with Crippen molar-refractivity contribution in [2.75, 3.05) is 11.5 Å². The van der Waals surface area contributed by atoms with Crippen LogP contribution in [-0.2, 0) is 21.2 Å². The molecular formula is C16H16FN3O4S. The van der Waals surface area contributed by atoms with E-state index in [1.807, 2.05) is 0 Å². The van der Waals surface area contributed by atoms with Gasteiger partial charge in [0.25, 0.3) is 5.56 Å². The lowest BCUT2D eigenvalue weighted by Crippen LogP contribution is -2.40. The summed E-state index contributed by atoms with van der Waals surface area (Å²) in [5.74, 6) is -1.06.